The van der Waals surface area contributed by atoms with Crippen molar-refractivity contribution in [2.45, 2.75) is 45.6 Å². The van der Waals surface area contributed by atoms with E-state index in [0.717, 1.165) is 17.9 Å². The van der Waals surface area contributed by atoms with Crippen molar-refractivity contribution in [2.75, 3.05) is 26.2 Å². The number of nitrogens with zero attached hydrogens (tertiary/aromatic N) is 1. The molecule has 2 heteroatoms. The lowest BCUT2D eigenvalue weighted by atomic mass is 10.00. The van der Waals surface area contributed by atoms with Crippen molar-refractivity contribution in [1.82, 2.24) is 10.2 Å². The minimum atomic E-state index is 0.776. The maximum Gasteiger partial charge on any atom is 0.0244 e. The monoisotopic (exact) mass is 210 g/mol. The summed E-state index contributed by atoms with van der Waals surface area (Å²) in [4.78, 5) is 2.71. The van der Waals surface area contributed by atoms with Crippen molar-refractivity contribution in [1.29, 1.82) is 0 Å². The van der Waals surface area contributed by atoms with Gasteiger partial charge < -0.3 is 5.32 Å². The molecule has 1 aliphatic heterocycles. The minimum absolute atomic E-state index is 0.776. The molecule has 1 unspecified atom stereocenters. The van der Waals surface area contributed by atoms with Gasteiger partial charge in [-0.1, -0.05) is 26.7 Å². The van der Waals surface area contributed by atoms with Crippen molar-refractivity contribution in [3.05, 3.63) is 0 Å². The Morgan fingerprint density at radius 3 is 2.80 bits per heavy atom. The van der Waals surface area contributed by atoms with Gasteiger partial charge in [0.25, 0.3) is 0 Å². The van der Waals surface area contributed by atoms with E-state index in [1.54, 1.807) is 0 Å². The van der Waals surface area contributed by atoms with Crippen LogP contribution in [0, 0.1) is 11.8 Å². The Bertz CT molecular complexity index is 187. The van der Waals surface area contributed by atoms with Crippen LogP contribution in [0.4, 0.5) is 0 Å². The molecule has 0 radical (unpaired) electrons. The second kappa shape index (κ2) is 5.31. The topological polar surface area (TPSA) is 15.3 Å². The number of rotatable bonds is 5. The highest BCUT2D eigenvalue weighted by atomic mass is 15.2. The Kier molecular flexibility index (Phi) is 4.04. The highest BCUT2D eigenvalue weighted by Gasteiger charge is 2.25. The summed E-state index contributed by atoms with van der Waals surface area (Å²) >= 11 is 0. The van der Waals surface area contributed by atoms with Gasteiger partial charge in [0.2, 0.25) is 0 Å². The molecule has 2 nitrogen and oxygen atoms in total. The lowest BCUT2D eigenvalue weighted by molar-refractivity contribution is 0.122. The molecule has 2 rings (SSSR count). The number of nitrogens with one attached hydrogen (secondary N) is 1. The predicted molar refractivity (Wildman–Crippen MR) is 65.0 cm³/mol. The fourth-order valence-corrected chi connectivity index (χ4v) is 2.69. The third-order valence-corrected chi connectivity index (χ3v) is 3.92. The van der Waals surface area contributed by atoms with Crippen LogP contribution in [0.2, 0.25) is 0 Å². The standard InChI is InChI=1S/C13H26N2/c1-11(2)13-10-14-7-9-15(13)8-3-4-12-5-6-12/h11-14H,3-10H2,1-2H3. The summed E-state index contributed by atoms with van der Waals surface area (Å²) in [5.41, 5.74) is 0. The van der Waals surface area contributed by atoms with Gasteiger partial charge in [0, 0.05) is 25.7 Å². The van der Waals surface area contributed by atoms with Crippen molar-refractivity contribution in [3.8, 4) is 0 Å². The Morgan fingerprint density at radius 2 is 2.13 bits per heavy atom. The Labute approximate surface area is 94.4 Å². The molecule has 1 N–H and O–H groups in total. The zero-order valence-corrected chi connectivity index (χ0v) is 10.3. The zero-order valence-electron chi connectivity index (χ0n) is 10.3. The summed E-state index contributed by atoms with van der Waals surface area (Å²) in [6, 6.07) is 0.776. The molecule has 88 valence electrons. The summed E-state index contributed by atoms with van der Waals surface area (Å²) in [7, 11) is 0. The Morgan fingerprint density at radius 1 is 1.33 bits per heavy atom. The lowest BCUT2D eigenvalue weighted by Crippen LogP contribution is -2.53. The third kappa shape index (κ3) is 3.46. The first-order chi connectivity index (χ1) is 7.27. The summed E-state index contributed by atoms with van der Waals surface area (Å²) in [5, 5.41) is 3.52. The molecular formula is C13H26N2. The van der Waals surface area contributed by atoms with Crippen LogP contribution in [-0.4, -0.2) is 37.1 Å². The van der Waals surface area contributed by atoms with Crippen molar-refractivity contribution in [2.24, 2.45) is 11.8 Å². The van der Waals surface area contributed by atoms with Crippen molar-refractivity contribution < 1.29 is 0 Å². The molecule has 15 heavy (non-hydrogen) atoms. The second-order valence-electron chi connectivity index (χ2n) is 5.64. The van der Waals surface area contributed by atoms with E-state index in [1.807, 2.05) is 0 Å². The molecular weight excluding hydrogens is 184 g/mol. The Balaban J connectivity index is 1.71. The summed E-state index contributed by atoms with van der Waals surface area (Å²) in [5.74, 6) is 1.89. The molecule has 0 aromatic rings. The van der Waals surface area contributed by atoms with E-state index in [1.165, 1.54) is 51.9 Å². The predicted octanol–water partition coefficient (Wildman–Crippen LogP) is 2.11. The van der Waals surface area contributed by atoms with Gasteiger partial charge in [-0.3, -0.25) is 4.90 Å². The quantitative estimate of drug-likeness (QED) is 0.747. The smallest absolute Gasteiger partial charge is 0.0244 e. The first-order valence-corrected chi connectivity index (χ1v) is 6.72. The first kappa shape index (κ1) is 11.4. The number of hydrogen-bond donors (Lipinski definition) is 1. The van der Waals surface area contributed by atoms with Crippen LogP contribution in [0.1, 0.15) is 39.5 Å². The van der Waals surface area contributed by atoms with E-state index in [4.69, 9.17) is 0 Å². The Hall–Kier alpha value is -0.0800. The molecule has 0 spiro atoms. The van der Waals surface area contributed by atoms with Crippen LogP contribution >= 0.6 is 0 Å². The molecule has 2 aliphatic rings. The van der Waals surface area contributed by atoms with Crippen molar-refractivity contribution >= 4 is 0 Å². The van der Waals surface area contributed by atoms with Crippen LogP contribution < -0.4 is 5.32 Å². The van der Waals surface area contributed by atoms with E-state index in [9.17, 15) is 0 Å². The van der Waals surface area contributed by atoms with Gasteiger partial charge in [-0.2, -0.15) is 0 Å². The van der Waals surface area contributed by atoms with Gasteiger partial charge in [0.15, 0.2) is 0 Å². The van der Waals surface area contributed by atoms with E-state index >= 15 is 0 Å². The number of hydrogen-bond acceptors (Lipinski definition) is 2. The van der Waals surface area contributed by atoms with Crippen LogP contribution in [0.3, 0.4) is 0 Å². The fourth-order valence-electron chi connectivity index (χ4n) is 2.69. The molecule has 1 aliphatic carbocycles. The molecule has 1 heterocycles. The molecule has 0 amide bonds. The van der Waals surface area contributed by atoms with Crippen molar-refractivity contribution in [3.63, 3.8) is 0 Å². The maximum atomic E-state index is 3.52. The number of piperazine rings is 1. The van der Waals surface area contributed by atoms with E-state index in [0.29, 0.717) is 0 Å². The maximum absolute atomic E-state index is 3.52. The molecule has 2 fully saturated rings. The lowest BCUT2D eigenvalue weighted by Gasteiger charge is -2.38. The fraction of sp³-hybridized carbons (Fsp3) is 1.00. The summed E-state index contributed by atoms with van der Waals surface area (Å²) in [6.45, 7) is 9.68. The summed E-state index contributed by atoms with van der Waals surface area (Å²) < 4.78 is 0. The molecule has 0 bridgehead atoms. The average Bonchev–Trinajstić information content (AvgIpc) is 3.02. The normalized spacial score (nSPS) is 28.6. The van der Waals surface area contributed by atoms with E-state index in [2.05, 4.69) is 24.1 Å². The molecule has 1 saturated carbocycles. The molecule has 0 aromatic heterocycles. The van der Waals surface area contributed by atoms with Gasteiger partial charge >= 0.3 is 0 Å². The van der Waals surface area contributed by atoms with Gasteiger partial charge in [0.1, 0.15) is 0 Å². The highest BCUT2D eigenvalue weighted by Crippen LogP contribution is 2.33. The van der Waals surface area contributed by atoms with Crippen LogP contribution in [0.25, 0.3) is 0 Å². The van der Waals surface area contributed by atoms with Gasteiger partial charge in [-0.15, -0.1) is 0 Å². The molecule has 1 saturated heterocycles. The minimum Gasteiger partial charge on any atom is -0.314 e. The largest absolute Gasteiger partial charge is 0.314 e. The molecule has 0 aromatic carbocycles. The second-order valence-corrected chi connectivity index (χ2v) is 5.64. The van der Waals surface area contributed by atoms with Gasteiger partial charge in [-0.25, -0.2) is 0 Å². The van der Waals surface area contributed by atoms with Crippen LogP contribution in [0.15, 0.2) is 0 Å². The van der Waals surface area contributed by atoms with Gasteiger partial charge in [0.05, 0.1) is 0 Å². The van der Waals surface area contributed by atoms with Crippen LogP contribution in [-0.2, 0) is 0 Å². The zero-order chi connectivity index (χ0) is 10.7. The SMILES string of the molecule is CC(C)C1CNCCN1CCCC1CC1. The first-order valence-electron chi connectivity index (χ1n) is 6.72. The van der Waals surface area contributed by atoms with E-state index < -0.39 is 0 Å². The van der Waals surface area contributed by atoms with Crippen LogP contribution in [0.5, 0.6) is 0 Å². The van der Waals surface area contributed by atoms with Gasteiger partial charge in [-0.05, 0) is 31.2 Å². The molecule has 1 atom stereocenters. The highest BCUT2D eigenvalue weighted by molar-refractivity contribution is 4.82. The van der Waals surface area contributed by atoms with E-state index in [-0.39, 0.29) is 0 Å². The third-order valence-electron chi connectivity index (χ3n) is 3.92. The summed E-state index contributed by atoms with van der Waals surface area (Å²) in [6.07, 6.45) is 5.92. The average molecular weight is 210 g/mol.